The molecule has 88 valence electrons. The third-order valence-corrected chi connectivity index (χ3v) is 2.30. The summed E-state index contributed by atoms with van der Waals surface area (Å²) in [5, 5.41) is 11.3. The van der Waals surface area contributed by atoms with Gasteiger partial charge in [0.15, 0.2) is 0 Å². The molecule has 5 heteroatoms. The molecule has 0 saturated heterocycles. The zero-order valence-corrected chi connectivity index (χ0v) is 9.25. The smallest absolute Gasteiger partial charge is 0.251 e. The summed E-state index contributed by atoms with van der Waals surface area (Å²) in [7, 11) is 0. The first-order chi connectivity index (χ1) is 7.45. The number of hydrogen-bond acceptors (Lipinski definition) is 3. The first kappa shape index (κ1) is 12.4. The van der Waals surface area contributed by atoms with Crippen LogP contribution in [-0.2, 0) is 0 Å². The lowest BCUT2D eigenvalue weighted by Crippen LogP contribution is -2.35. The van der Waals surface area contributed by atoms with E-state index in [1.807, 2.05) is 0 Å². The van der Waals surface area contributed by atoms with Gasteiger partial charge in [-0.3, -0.25) is 4.79 Å². The van der Waals surface area contributed by atoms with Crippen LogP contribution in [0.5, 0.6) is 0 Å². The molecule has 4 N–H and O–H groups in total. The molecule has 1 aromatic carbocycles. The number of anilines is 1. The molecule has 0 aliphatic rings. The molecule has 0 fully saturated rings. The van der Waals surface area contributed by atoms with Crippen LogP contribution in [0.1, 0.15) is 22.8 Å². The summed E-state index contributed by atoms with van der Waals surface area (Å²) >= 11 is 0. The van der Waals surface area contributed by atoms with Crippen molar-refractivity contribution in [2.24, 2.45) is 0 Å². The van der Waals surface area contributed by atoms with Crippen LogP contribution in [-0.4, -0.2) is 23.7 Å². The summed E-state index contributed by atoms with van der Waals surface area (Å²) in [5.41, 5.74) is 6.27. The normalized spacial score (nSPS) is 12.2. The quantitative estimate of drug-likeness (QED) is 0.668. The topological polar surface area (TPSA) is 75.4 Å². The fourth-order valence-corrected chi connectivity index (χ4v) is 1.18. The van der Waals surface area contributed by atoms with Crippen molar-refractivity contribution in [3.05, 3.63) is 29.1 Å². The van der Waals surface area contributed by atoms with E-state index < -0.39 is 11.7 Å². The van der Waals surface area contributed by atoms with Gasteiger partial charge in [-0.05, 0) is 26.0 Å². The fraction of sp³-hybridized carbons (Fsp3) is 0.364. The lowest BCUT2D eigenvalue weighted by Gasteiger charge is -2.12. The number of nitrogens with one attached hydrogen (secondary N) is 1. The lowest BCUT2D eigenvalue weighted by atomic mass is 10.1. The average Bonchev–Trinajstić information content (AvgIpc) is 2.24. The van der Waals surface area contributed by atoms with E-state index in [4.69, 9.17) is 10.8 Å². The maximum atomic E-state index is 13.3. The van der Waals surface area contributed by atoms with Crippen LogP contribution in [0.2, 0.25) is 0 Å². The number of aliphatic hydroxyl groups excluding tert-OH is 1. The standard InChI is InChI=1S/C11H15FN2O2/c1-6(5-15)14-11(16)8-3-9(12)7(2)10(13)4-8/h3-4,6,15H,5,13H2,1-2H3,(H,14,16)/t6-/m1/s1. The highest BCUT2D eigenvalue weighted by Crippen LogP contribution is 2.17. The molecule has 0 spiro atoms. The van der Waals surface area contributed by atoms with Gasteiger partial charge in [-0.2, -0.15) is 0 Å². The van der Waals surface area contributed by atoms with Crippen molar-refractivity contribution in [3.63, 3.8) is 0 Å². The Hall–Kier alpha value is -1.62. The molecule has 0 bridgehead atoms. The fourth-order valence-electron chi connectivity index (χ4n) is 1.18. The highest BCUT2D eigenvalue weighted by Gasteiger charge is 2.12. The van der Waals surface area contributed by atoms with E-state index >= 15 is 0 Å². The SMILES string of the molecule is Cc1c(N)cc(C(=O)N[C@H](C)CO)cc1F. The number of amides is 1. The van der Waals surface area contributed by atoms with Crippen molar-refractivity contribution in [3.8, 4) is 0 Å². The van der Waals surface area contributed by atoms with Gasteiger partial charge in [0.25, 0.3) is 5.91 Å². The molecule has 0 aliphatic carbocycles. The van der Waals surface area contributed by atoms with Gasteiger partial charge in [0, 0.05) is 22.9 Å². The summed E-state index contributed by atoms with van der Waals surface area (Å²) in [6, 6.07) is 2.17. The molecule has 1 amide bonds. The predicted octanol–water partition coefficient (Wildman–Crippen LogP) is 0.827. The van der Waals surface area contributed by atoms with Crippen molar-refractivity contribution < 1.29 is 14.3 Å². The Morgan fingerprint density at radius 2 is 2.25 bits per heavy atom. The van der Waals surface area contributed by atoms with Crippen LogP contribution in [0, 0.1) is 12.7 Å². The predicted molar refractivity (Wildman–Crippen MR) is 59.6 cm³/mol. The molecule has 1 aromatic rings. The molecular formula is C11H15FN2O2. The van der Waals surface area contributed by atoms with E-state index in [0.29, 0.717) is 5.56 Å². The molecule has 16 heavy (non-hydrogen) atoms. The van der Waals surface area contributed by atoms with Gasteiger partial charge < -0.3 is 16.2 Å². The van der Waals surface area contributed by atoms with Crippen LogP contribution in [0.3, 0.4) is 0 Å². The number of carbonyl (C=O) groups is 1. The van der Waals surface area contributed by atoms with E-state index in [1.165, 1.54) is 6.07 Å². The van der Waals surface area contributed by atoms with Crippen LogP contribution in [0.15, 0.2) is 12.1 Å². The van der Waals surface area contributed by atoms with E-state index in [9.17, 15) is 9.18 Å². The highest BCUT2D eigenvalue weighted by molar-refractivity contribution is 5.95. The summed E-state index contributed by atoms with van der Waals surface area (Å²) in [4.78, 5) is 11.6. The van der Waals surface area contributed by atoms with Crippen molar-refractivity contribution in [1.29, 1.82) is 0 Å². The van der Waals surface area contributed by atoms with Crippen molar-refractivity contribution in [1.82, 2.24) is 5.32 Å². The van der Waals surface area contributed by atoms with Gasteiger partial charge in [-0.25, -0.2) is 4.39 Å². The second kappa shape index (κ2) is 4.94. The Balaban J connectivity index is 2.93. The van der Waals surface area contributed by atoms with Crippen LogP contribution in [0.4, 0.5) is 10.1 Å². The second-order valence-corrected chi connectivity index (χ2v) is 3.73. The molecular weight excluding hydrogens is 211 g/mol. The van der Waals surface area contributed by atoms with Crippen LogP contribution in [0.25, 0.3) is 0 Å². The number of halogens is 1. The van der Waals surface area contributed by atoms with Crippen molar-refractivity contribution in [2.45, 2.75) is 19.9 Å². The molecule has 1 rings (SSSR count). The number of aliphatic hydroxyl groups is 1. The van der Waals surface area contributed by atoms with Gasteiger partial charge in [0.2, 0.25) is 0 Å². The van der Waals surface area contributed by atoms with E-state index in [0.717, 1.165) is 6.07 Å². The average molecular weight is 226 g/mol. The van der Waals surface area contributed by atoms with Gasteiger partial charge in [-0.15, -0.1) is 0 Å². The Bertz CT molecular complexity index is 384. The van der Waals surface area contributed by atoms with Gasteiger partial charge in [0.05, 0.1) is 6.61 Å². The number of benzene rings is 1. The molecule has 0 aromatic heterocycles. The molecule has 0 radical (unpaired) electrons. The summed E-state index contributed by atoms with van der Waals surface area (Å²) in [6.07, 6.45) is 0. The maximum Gasteiger partial charge on any atom is 0.251 e. The van der Waals surface area contributed by atoms with Crippen LogP contribution < -0.4 is 11.1 Å². The minimum atomic E-state index is -0.512. The molecule has 0 heterocycles. The van der Waals surface area contributed by atoms with Gasteiger partial charge in [0.1, 0.15) is 5.82 Å². The molecule has 0 saturated carbocycles. The van der Waals surface area contributed by atoms with E-state index in [2.05, 4.69) is 5.32 Å². The Morgan fingerprint density at radius 1 is 1.62 bits per heavy atom. The first-order valence-electron chi connectivity index (χ1n) is 4.93. The Kier molecular flexibility index (Phi) is 3.84. The lowest BCUT2D eigenvalue weighted by molar-refractivity contribution is 0.0922. The molecule has 1 atom stereocenters. The second-order valence-electron chi connectivity index (χ2n) is 3.73. The zero-order chi connectivity index (χ0) is 12.3. The minimum Gasteiger partial charge on any atom is -0.398 e. The highest BCUT2D eigenvalue weighted by atomic mass is 19.1. The Labute approximate surface area is 93.3 Å². The van der Waals surface area contributed by atoms with Gasteiger partial charge in [-0.1, -0.05) is 0 Å². The number of carbonyl (C=O) groups excluding carboxylic acids is 1. The summed E-state index contributed by atoms with van der Waals surface area (Å²) in [6.45, 7) is 3.02. The van der Waals surface area contributed by atoms with Gasteiger partial charge >= 0.3 is 0 Å². The largest absolute Gasteiger partial charge is 0.398 e. The molecule has 0 unspecified atom stereocenters. The minimum absolute atomic E-state index is 0.154. The molecule has 4 nitrogen and oxygen atoms in total. The Morgan fingerprint density at radius 3 is 2.75 bits per heavy atom. The van der Waals surface area contributed by atoms with E-state index in [1.54, 1.807) is 13.8 Å². The summed E-state index contributed by atoms with van der Waals surface area (Å²) in [5.74, 6) is -0.964. The van der Waals surface area contributed by atoms with Crippen LogP contribution >= 0.6 is 0 Å². The van der Waals surface area contributed by atoms with E-state index in [-0.39, 0.29) is 23.9 Å². The van der Waals surface area contributed by atoms with Crippen molar-refractivity contribution in [2.75, 3.05) is 12.3 Å². The number of hydrogen-bond donors (Lipinski definition) is 3. The van der Waals surface area contributed by atoms with Crippen molar-refractivity contribution >= 4 is 11.6 Å². The maximum absolute atomic E-state index is 13.3. The molecule has 0 aliphatic heterocycles. The number of nitrogen functional groups attached to an aromatic ring is 1. The number of rotatable bonds is 3. The monoisotopic (exact) mass is 226 g/mol. The first-order valence-corrected chi connectivity index (χ1v) is 4.93. The summed E-state index contributed by atoms with van der Waals surface area (Å²) < 4.78 is 13.3. The number of nitrogens with two attached hydrogens (primary N) is 1. The third kappa shape index (κ3) is 2.70. The third-order valence-electron chi connectivity index (χ3n) is 2.30. The zero-order valence-electron chi connectivity index (χ0n) is 9.25.